The number of carbonyl (C=O) groups is 1. The van der Waals surface area contributed by atoms with Crippen molar-refractivity contribution < 1.29 is 28.5 Å². The molecule has 1 aromatic rings. The van der Waals surface area contributed by atoms with Gasteiger partial charge in [-0.25, -0.2) is 0 Å². The number of methoxy groups -OCH3 is 2. The molecular weight excluding hydrogens is 496 g/mol. The quantitative estimate of drug-likeness (QED) is 0.327. The zero-order chi connectivity index (χ0) is 27.0. The van der Waals surface area contributed by atoms with E-state index in [2.05, 4.69) is 22.8 Å². The maximum Gasteiger partial charge on any atom is 0.310 e. The third-order valence-corrected chi connectivity index (χ3v) is 10.5. The molecule has 6 atom stereocenters. The van der Waals surface area contributed by atoms with Gasteiger partial charge in [-0.1, -0.05) is 19.1 Å². The van der Waals surface area contributed by atoms with Crippen molar-refractivity contribution in [1.82, 2.24) is 9.80 Å². The van der Waals surface area contributed by atoms with Crippen LogP contribution in [0.15, 0.2) is 18.2 Å². The molecule has 5 aliphatic rings. The molecule has 6 rings (SSSR count). The van der Waals surface area contributed by atoms with Crippen molar-refractivity contribution in [2.24, 2.45) is 23.2 Å². The van der Waals surface area contributed by atoms with Gasteiger partial charge in [0.05, 0.1) is 45.6 Å². The lowest BCUT2D eigenvalue weighted by molar-refractivity contribution is -0.147. The lowest BCUT2D eigenvalue weighted by atomic mass is 9.53. The molecule has 0 amide bonds. The van der Waals surface area contributed by atoms with E-state index in [-0.39, 0.29) is 34.9 Å². The van der Waals surface area contributed by atoms with E-state index in [0.29, 0.717) is 19.0 Å². The molecule has 3 saturated heterocycles. The SMILES string of the molecule is COc1cccc(CN(CCCN2CCOCC2)CC2C(=O)O[C@@H]3C[C@@]4(C)CCCC5(CO5)[C@@H]4C[C@H]23)c1OC. The lowest BCUT2D eigenvalue weighted by Crippen LogP contribution is -2.51. The number of epoxide rings is 1. The molecule has 2 saturated carbocycles. The molecule has 0 N–H and O–H groups in total. The molecule has 216 valence electrons. The average Bonchev–Trinajstić information content (AvgIpc) is 3.64. The Kier molecular flexibility index (Phi) is 7.83. The van der Waals surface area contributed by atoms with Gasteiger partial charge in [0.25, 0.3) is 0 Å². The molecule has 2 unspecified atom stereocenters. The highest BCUT2D eigenvalue weighted by Crippen LogP contribution is 2.62. The van der Waals surface area contributed by atoms with Gasteiger partial charge in [-0.05, 0) is 69.0 Å². The molecule has 1 spiro atoms. The first-order chi connectivity index (χ1) is 18.9. The number of benzene rings is 1. The van der Waals surface area contributed by atoms with Gasteiger partial charge in [0.15, 0.2) is 11.5 Å². The van der Waals surface area contributed by atoms with Gasteiger partial charge in [0, 0.05) is 37.7 Å². The van der Waals surface area contributed by atoms with Gasteiger partial charge < -0.3 is 23.7 Å². The van der Waals surface area contributed by atoms with Crippen molar-refractivity contribution in [2.75, 3.05) is 66.8 Å². The van der Waals surface area contributed by atoms with Crippen LogP contribution < -0.4 is 9.47 Å². The number of hydrogen-bond donors (Lipinski definition) is 0. The number of morpholine rings is 1. The van der Waals surface area contributed by atoms with E-state index in [9.17, 15) is 4.79 Å². The highest BCUT2D eigenvalue weighted by atomic mass is 16.6. The molecule has 8 heteroatoms. The predicted molar refractivity (Wildman–Crippen MR) is 147 cm³/mol. The number of ether oxygens (including phenoxy) is 5. The Labute approximate surface area is 233 Å². The second-order valence-electron chi connectivity index (χ2n) is 12.8. The summed E-state index contributed by atoms with van der Waals surface area (Å²) in [6.45, 7) is 10.3. The van der Waals surface area contributed by atoms with Crippen molar-refractivity contribution >= 4 is 5.97 Å². The average molecular weight is 543 g/mol. The molecule has 3 heterocycles. The lowest BCUT2D eigenvalue weighted by Gasteiger charge is -2.51. The number of hydrogen-bond acceptors (Lipinski definition) is 8. The van der Waals surface area contributed by atoms with E-state index in [1.54, 1.807) is 14.2 Å². The first-order valence-corrected chi connectivity index (χ1v) is 15.0. The van der Waals surface area contributed by atoms with Gasteiger partial charge in [-0.2, -0.15) is 0 Å². The van der Waals surface area contributed by atoms with Crippen LogP contribution in [-0.2, 0) is 25.5 Å². The van der Waals surface area contributed by atoms with Crippen LogP contribution in [0.4, 0.5) is 0 Å². The Morgan fingerprint density at radius 3 is 2.72 bits per heavy atom. The molecule has 2 aliphatic carbocycles. The summed E-state index contributed by atoms with van der Waals surface area (Å²) in [6.07, 6.45) is 6.73. The maximum atomic E-state index is 13.4. The highest BCUT2D eigenvalue weighted by molar-refractivity contribution is 5.75. The fourth-order valence-electron chi connectivity index (χ4n) is 8.34. The standard InChI is InChI=1S/C31H46N2O6/c1-30-9-5-10-31(21-38-31)27(30)17-23-24(29(34)39-26(23)18-30)20-33(12-6-11-32-13-15-37-16-14-32)19-22-7-4-8-25(35-2)28(22)36-3/h4,7-8,23-24,26-27H,5-6,9-21H2,1-3H3/t23-,24?,26-,27-,30-,31?/m1/s1. The topological polar surface area (TPSA) is 73.0 Å². The zero-order valence-electron chi connectivity index (χ0n) is 24.0. The minimum Gasteiger partial charge on any atom is -0.493 e. The third-order valence-electron chi connectivity index (χ3n) is 10.5. The summed E-state index contributed by atoms with van der Waals surface area (Å²) >= 11 is 0. The van der Waals surface area contributed by atoms with E-state index in [0.717, 1.165) is 82.3 Å². The first-order valence-electron chi connectivity index (χ1n) is 15.0. The van der Waals surface area contributed by atoms with Crippen molar-refractivity contribution in [3.8, 4) is 11.5 Å². The van der Waals surface area contributed by atoms with E-state index >= 15 is 0 Å². The molecule has 1 aromatic carbocycles. The van der Waals surface area contributed by atoms with Gasteiger partial charge in [0.1, 0.15) is 6.10 Å². The van der Waals surface area contributed by atoms with Crippen LogP contribution in [0, 0.1) is 23.2 Å². The minimum absolute atomic E-state index is 0.00574. The molecule has 0 aromatic heterocycles. The molecule has 5 fully saturated rings. The second kappa shape index (κ2) is 11.2. The summed E-state index contributed by atoms with van der Waals surface area (Å²) in [5.74, 6) is 2.20. The molecule has 8 nitrogen and oxygen atoms in total. The fraction of sp³-hybridized carbons (Fsp3) is 0.774. The first kappa shape index (κ1) is 27.3. The van der Waals surface area contributed by atoms with Crippen LogP contribution >= 0.6 is 0 Å². The maximum absolute atomic E-state index is 13.4. The summed E-state index contributed by atoms with van der Waals surface area (Å²) in [6, 6.07) is 6.06. The van der Waals surface area contributed by atoms with Crippen LogP contribution in [0.1, 0.15) is 51.0 Å². The predicted octanol–water partition coefficient (Wildman–Crippen LogP) is 3.76. The molecule has 0 radical (unpaired) electrons. The summed E-state index contributed by atoms with van der Waals surface area (Å²) in [7, 11) is 3.37. The number of nitrogens with zero attached hydrogens (tertiary/aromatic N) is 2. The molecule has 39 heavy (non-hydrogen) atoms. The van der Waals surface area contributed by atoms with Crippen molar-refractivity contribution in [2.45, 2.75) is 63.7 Å². The van der Waals surface area contributed by atoms with E-state index < -0.39 is 0 Å². The second-order valence-corrected chi connectivity index (χ2v) is 12.8. The van der Waals surface area contributed by atoms with E-state index in [1.807, 2.05) is 12.1 Å². The zero-order valence-corrected chi connectivity index (χ0v) is 24.0. The van der Waals surface area contributed by atoms with Crippen LogP contribution in [0.2, 0.25) is 0 Å². The highest BCUT2D eigenvalue weighted by Gasteiger charge is 2.65. The van der Waals surface area contributed by atoms with E-state index in [4.69, 9.17) is 23.7 Å². The van der Waals surface area contributed by atoms with Crippen LogP contribution in [-0.4, -0.2) is 94.2 Å². The minimum atomic E-state index is -0.0998. The summed E-state index contributed by atoms with van der Waals surface area (Å²) in [4.78, 5) is 18.3. The van der Waals surface area contributed by atoms with Crippen LogP contribution in [0.3, 0.4) is 0 Å². The fourth-order valence-corrected chi connectivity index (χ4v) is 8.34. The van der Waals surface area contributed by atoms with Crippen molar-refractivity contribution in [3.63, 3.8) is 0 Å². The van der Waals surface area contributed by atoms with Crippen molar-refractivity contribution in [3.05, 3.63) is 23.8 Å². The monoisotopic (exact) mass is 542 g/mol. The van der Waals surface area contributed by atoms with Gasteiger partial charge >= 0.3 is 5.97 Å². The third kappa shape index (κ3) is 5.42. The van der Waals surface area contributed by atoms with Gasteiger partial charge in [-0.3, -0.25) is 14.6 Å². The Bertz CT molecular complexity index is 1020. The number of esters is 1. The summed E-state index contributed by atoms with van der Waals surface area (Å²) in [5, 5.41) is 0. The number of fused-ring (bicyclic) bond motifs is 3. The smallest absolute Gasteiger partial charge is 0.310 e. The molecule has 0 bridgehead atoms. The largest absolute Gasteiger partial charge is 0.493 e. The van der Waals surface area contributed by atoms with Gasteiger partial charge in [0.2, 0.25) is 0 Å². The number of rotatable bonds is 10. The Morgan fingerprint density at radius 2 is 1.97 bits per heavy atom. The normalized spacial score (nSPS) is 35.9. The summed E-state index contributed by atoms with van der Waals surface area (Å²) in [5.41, 5.74) is 1.37. The number of para-hydroxylation sites is 1. The number of carbonyl (C=O) groups excluding carboxylic acids is 1. The van der Waals surface area contributed by atoms with Gasteiger partial charge in [-0.15, -0.1) is 0 Å². The van der Waals surface area contributed by atoms with E-state index in [1.165, 1.54) is 19.3 Å². The molecule has 3 aliphatic heterocycles. The van der Waals surface area contributed by atoms with Crippen LogP contribution in [0.25, 0.3) is 0 Å². The Hall–Kier alpha value is -1.87. The van der Waals surface area contributed by atoms with Crippen molar-refractivity contribution in [1.29, 1.82) is 0 Å². The Balaban J connectivity index is 1.19. The van der Waals surface area contributed by atoms with Crippen LogP contribution in [0.5, 0.6) is 11.5 Å². The summed E-state index contributed by atoms with van der Waals surface area (Å²) < 4.78 is 29.1. The Morgan fingerprint density at radius 1 is 1.15 bits per heavy atom. The molecular formula is C31H46N2O6.